The van der Waals surface area contributed by atoms with E-state index >= 15 is 0 Å². The van der Waals surface area contributed by atoms with Crippen molar-refractivity contribution in [2.45, 2.75) is 44.7 Å². The number of hydrogen-bond acceptors (Lipinski definition) is 3. The second kappa shape index (κ2) is 4.83. The van der Waals surface area contributed by atoms with Crippen molar-refractivity contribution < 1.29 is 4.42 Å². The van der Waals surface area contributed by atoms with Crippen molar-refractivity contribution in [3.05, 3.63) is 23.7 Å². The third kappa shape index (κ3) is 2.26. The molecule has 2 heterocycles. The first kappa shape index (κ1) is 11.3. The third-order valence-electron chi connectivity index (χ3n) is 4.25. The highest BCUT2D eigenvalue weighted by molar-refractivity contribution is 5.24. The van der Waals surface area contributed by atoms with Gasteiger partial charge in [0.05, 0.1) is 6.26 Å². The second-order valence-corrected chi connectivity index (χ2v) is 5.49. The van der Waals surface area contributed by atoms with Gasteiger partial charge in [-0.3, -0.25) is 0 Å². The number of aryl methyl sites for hydroxylation is 1. The first-order chi connectivity index (χ1) is 8.34. The minimum Gasteiger partial charge on any atom is -0.469 e. The van der Waals surface area contributed by atoms with Crippen molar-refractivity contribution in [2.24, 2.45) is 5.92 Å². The van der Waals surface area contributed by atoms with Gasteiger partial charge in [-0.05, 0) is 44.3 Å². The summed E-state index contributed by atoms with van der Waals surface area (Å²) < 4.78 is 5.55. The van der Waals surface area contributed by atoms with Crippen LogP contribution >= 0.6 is 0 Å². The average Bonchev–Trinajstić information content (AvgIpc) is 2.81. The second-order valence-electron chi connectivity index (χ2n) is 5.49. The Morgan fingerprint density at radius 3 is 3.24 bits per heavy atom. The fourth-order valence-corrected chi connectivity index (χ4v) is 3.18. The molecule has 1 aliphatic carbocycles. The Balaban J connectivity index is 1.70. The zero-order valence-corrected chi connectivity index (χ0v) is 10.5. The molecule has 0 spiro atoms. The first-order valence-corrected chi connectivity index (χ1v) is 6.87. The number of rotatable bonds is 2. The van der Waals surface area contributed by atoms with Crippen LogP contribution in [0, 0.1) is 5.92 Å². The van der Waals surface area contributed by atoms with Gasteiger partial charge in [-0.1, -0.05) is 6.92 Å². The molecule has 1 aromatic rings. The molecule has 2 aliphatic rings. The predicted molar refractivity (Wildman–Crippen MR) is 68.0 cm³/mol. The number of fused-ring (bicyclic) bond motifs is 1. The summed E-state index contributed by atoms with van der Waals surface area (Å²) in [5.41, 5.74) is 1.40. The number of nitrogens with one attached hydrogen (secondary N) is 2. The summed E-state index contributed by atoms with van der Waals surface area (Å²) in [4.78, 5) is 0. The van der Waals surface area contributed by atoms with Crippen molar-refractivity contribution in [3.63, 3.8) is 0 Å². The predicted octanol–water partition coefficient (Wildman–Crippen LogP) is 2.24. The Morgan fingerprint density at radius 2 is 2.35 bits per heavy atom. The minimum atomic E-state index is 0.517. The molecule has 1 aliphatic heterocycles. The molecule has 0 radical (unpaired) electrons. The lowest BCUT2D eigenvalue weighted by atomic mass is 9.89. The summed E-state index contributed by atoms with van der Waals surface area (Å²) in [6.45, 7) is 4.62. The van der Waals surface area contributed by atoms with E-state index in [-0.39, 0.29) is 0 Å². The van der Waals surface area contributed by atoms with Crippen LogP contribution in [0.25, 0.3) is 0 Å². The molecular formula is C14H22N2O. The molecule has 3 heteroatoms. The van der Waals surface area contributed by atoms with Gasteiger partial charge in [-0.15, -0.1) is 0 Å². The maximum atomic E-state index is 5.55. The van der Waals surface area contributed by atoms with E-state index in [0.29, 0.717) is 12.1 Å². The topological polar surface area (TPSA) is 37.2 Å². The van der Waals surface area contributed by atoms with Crippen LogP contribution in [0.2, 0.25) is 0 Å². The standard InChI is InChI=1S/C14H22N2O/c1-10-9-15-7-5-12(10)16-13-3-2-4-14-11(13)6-8-17-14/h6,8,10,12-13,15-16H,2-5,7,9H2,1H3. The molecular weight excluding hydrogens is 212 g/mol. The lowest BCUT2D eigenvalue weighted by Crippen LogP contribution is -2.47. The van der Waals surface area contributed by atoms with E-state index in [1.165, 1.54) is 30.6 Å². The van der Waals surface area contributed by atoms with E-state index in [1.807, 2.05) is 6.26 Å². The molecule has 1 aromatic heterocycles. The van der Waals surface area contributed by atoms with Crippen LogP contribution in [0.1, 0.15) is 43.6 Å². The summed E-state index contributed by atoms with van der Waals surface area (Å²) in [5.74, 6) is 1.93. The molecule has 3 rings (SSSR count). The van der Waals surface area contributed by atoms with Crippen molar-refractivity contribution in [2.75, 3.05) is 13.1 Å². The van der Waals surface area contributed by atoms with Crippen LogP contribution in [0.3, 0.4) is 0 Å². The van der Waals surface area contributed by atoms with Gasteiger partial charge in [0.1, 0.15) is 5.76 Å². The van der Waals surface area contributed by atoms with E-state index < -0.39 is 0 Å². The monoisotopic (exact) mass is 234 g/mol. The van der Waals surface area contributed by atoms with E-state index in [1.54, 1.807) is 0 Å². The van der Waals surface area contributed by atoms with Crippen LogP contribution in [0.15, 0.2) is 16.7 Å². The Labute approximate surface area is 103 Å². The van der Waals surface area contributed by atoms with Crippen LogP contribution < -0.4 is 10.6 Å². The molecule has 3 unspecified atom stereocenters. The van der Waals surface area contributed by atoms with Crippen LogP contribution in [-0.2, 0) is 6.42 Å². The lowest BCUT2D eigenvalue weighted by Gasteiger charge is -2.35. The van der Waals surface area contributed by atoms with Crippen LogP contribution in [0.4, 0.5) is 0 Å². The highest BCUT2D eigenvalue weighted by Gasteiger charge is 2.28. The number of furan rings is 1. The van der Waals surface area contributed by atoms with Crippen molar-refractivity contribution in [1.29, 1.82) is 0 Å². The molecule has 0 bridgehead atoms. The zero-order valence-electron chi connectivity index (χ0n) is 10.5. The SMILES string of the molecule is CC1CNCCC1NC1CCCc2occc21. The van der Waals surface area contributed by atoms with Gasteiger partial charge in [-0.25, -0.2) is 0 Å². The van der Waals surface area contributed by atoms with Crippen molar-refractivity contribution in [3.8, 4) is 0 Å². The fraction of sp³-hybridized carbons (Fsp3) is 0.714. The summed E-state index contributed by atoms with van der Waals surface area (Å²) in [5, 5.41) is 7.31. The molecule has 94 valence electrons. The van der Waals surface area contributed by atoms with Gasteiger partial charge in [-0.2, -0.15) is 0 Å². The van der Waals surface area contributed by atoms with Gasteiger partial charge in [0.2, 0.25) is 0 Å². The molecule has 17 heavy (non-hydrogen) atoms. The molecule has 1 fully saturated rings. The molecule has 0 aromatic carbocycles. The molecule has 0 saturated carbocycles. The maximum Gasteiger partial charge on any atom is 0.108 e. The average molecular weight is 234 g/mol. The maximum absolute atomic E-state index is 5.55. The number of hydrogen-bond donors (Lipinski definition) is 2. The van der Waals surface area contributed by atoms with E-state index in [0.717, 1.165) is 25.4 Å². The largest absolute Gasteiger partial charge is 0.469 e. The normalized spacial score (nSPS) is 33.4. The van der Waals surface area contributed by atoms with Gasteiger partial charge in [0, 0.05) is 24.1 Å². The molecule has 0 amide bonds. The van der Waals surface area contributed by atoms with Gasteiger partial charge in [0.25, 0.3) is 0 Å². The first-order valence-electron chi connectivity index (χ1n) is 6.87. The zero-order chi connectivity index (χ0) is 11.7. The summed E-state index contributed by atoms with van der Waals surface area (Å²) >= 11 is 0. The molecule has 3 nitrogen and oxygen atoms in total. The Hall–Kier alpha value is -0.800. The Morgan fingerprint density at radius 1 is 1.41 bits per heavy atom. The summed E-state index contributed by atoms with van der Waals surface area (Å²) in [6.07, 6.45) is 6.70. The summed E-state index contributed by atoms with van der Waals surface area (Å²) in [7, 11) is 0. The van der Waals surface area contributed by atoms with Crippen molar-refractivity contribution in [1.82, 2.24) is 10.6 Å². The van der Waals surface area contributed by atoms with Gasteiger partial charge < -0.3 is 15.1 Å². The van der Waals surface area contributed by atoms with Crippen LogP contribution in [0.5, 0.6) is 0 Å². The lowest BCUT2D eigenvalue weighted by molar-refractivity contribution is 0.260. The Kier molecular flexibility index (Phi) is 3.21. The van der Waals surface area contributed by atoms with Crippen LogP contribution in [-0.4, -0.2) is 19.1 Å². The van der Waals surface area contributed by atoms with Crippen molar-refractivity contribution >= 4 is 0 Å². The third-order valence-corrected chi connectivity index (χ3v) is 4.25. The smallest absolute Gasteiger partial charge is 0.108 e. The van der Waals surface area contributed by atoms with E-state index in [9.17, 15) is 0 Å². The Bertz CT molecular complexity index is 374. The fourth-order valence-electron chi connectivity index (χ4n) is 3.18. The number of piperidine rings is 1. The summed E-state index contributed by atoms with van der Waals surface area (Å²) in [6, 6.07) is 3.32. The minimum absolute atomic E-state index is 0.517. The van der Waals surface area contributed by atoms with Gasteiger partial charge >= 0.3 is 0 Å². The van der Waals surface area contributed by atoms with Gasteiger partial charge in [0.15, 0.2) is 0 Å². The quantitative estimate of drug-likeness (QED) is 0.824. The molecule has 1 saturated heterocycles. The van der Waals surface area contributed by atoms with E-state index in [2.05, 4.69) is 23.6 Å². The highest BCUT2D eigenvalue weighted by Crippen LogP contribution is 2.31. The molecule has 3 atom stereocenters. The van der Waals surface area contributed by atoms with E-state index in [4.69, 9.17) is 4.42 Å². The highest BCUT2D eigenvalue weighted by atomic mass is 16.3. The molecule has 2 N–H and O–H groups in total.